The molecule has 1 aromatic carbocycles. The van der Waals surface area contributed by atoms with Crippen molar-refractivity contribution in [2.24, 2.45) is 5.73 Å². The van der Waals surface area contributed by atoms with E-state index in [2.05, 4.69) is 19.6 Å². The Bertz CT molecular complexity index is 371. The standard InChI is InChI=1S/C12H15NO/c1-8(7-13)10-3-4-12-11(6-10)5-9(2)14-12/h3-4,6,9H,1,5,7,13H2,2H3. The molecule has 0 aliphatic carbocycles. The van der Waals surface area contributed by atoms with Crippen LogP contribution in [0.2, 0.25) is 0 Å². The molecule has 0 saturated heterocycles. The van der Waals surface area contributed by atoms with Crippen molar-refractivity contribution in [2.75, 3.05) is 6.54 Å². The van der Waals surface area contributed by atoms with E-state index in [1.165, 1.54) is 5.56 Å². The number of ether oxygens (including phenoxy) is 1. The van der Waals surface area contributed by atoms with Gasteiger partial charge in [0.2, 0.25) is 0 Å². The highest BCUT2D eigenvalue weighted by atomic mass is 16.5. The Balaban J connectivity index is 2.33. The summed E-state index contributed by atoms with van der Waals surface area (Å²) in [6.07, 6.45) is 1.28. The van der Waals surface area contributed by atoms with Gasteiger partial charge in [0.25, 0.3) is 0 Å². The Morgan fingerprint density at radius 2 is 2.43 bits per heavy atom. The Morgan fingerprint density at radius 3 is 3.14 bits per heavy atom. The minimum atomic E-state index is 0.298. The summed E-state index contributed by atoms with van der Waals surface area (Å²) in [6, 6.07) is 6.16. The van der Waals surface area contributed by atoms with Crippen LogP contribution >= 0.6 is 0 Å². The molecule has 74 valence electrons. The van der Waals surface area contributed by atoms with Gasteiger partial charge in [-0.3, -0.25) is 0 Å². The molecule has 2 N–H and O–H groups in total. The van der Waals surface area contributed by atoms with Crippen molar-refractivity contribution in [1.82, 2.24) is 0 Å². The summed E-state index contributed by atoms with van der Waals surface area (Å²) >= 11 is 0. The highest BCUT2D eigenvalue weighted by molar-refractivity contribution is 5.66. The molecule has 0 amide bonds. The normalized spacial score (nSPS) is 18.9. The third-order valence-corrected chi connectivity index (χ3v) is 2.55. The van der Waals surface area contributed by atoms with E-state index in [-0.39, 0.29) is 0 Å². The predicted molar refractivity (Wildman–Crippen MR) is 58.3 cm³/mol. The maximum atomic E-state index is 5.61. The molecular formula is C12H15NO. The van der Waals surface area contributed by atoms with E-state index in [1.54, 1.807) is 0 Å². The smallest absolute Gasteiger partial charge is 0.123 e. The second-order valence-electron chi connectivity index (χ2n) is 3.76. The largest absolute Gasteiger partial charge is 0.490 e. The first-order chi connectivity index (χ1) is 6.70. The van der Waals surface area contributed by atoms with Gasteiger partial charge in [0, 0.05) is 13.0 Å². The number of nitrogens with two attached hydrogens (primary N) is 1. The van der Waals surface area contributed by atoms with Crippen LogP contribution in [0.25, 0.3) is 5.57 Å². The molecule has 14 heavy (non-hydrogen) atoms. The molecule has 1 aliphatic rings. The first kappa shape index (κ1) is 9.28. The summed E-state index contributed by atoms with van der Waals surface area (Å²) in [5, 5.41) is 0. The van der Waals surface area contributed by atoms with Gasteiger partial charge in [-0.15, -0.1) is 0 Å². The Hall–Kier alpha value is -1.28. The van der Waals surface area contributed by atoms with Crippen molar-refractivity contribution >= 4 is 5.57 Å². The van der Waals surface area contributed by atoms with Gasteiger partial charge >= 0.3 is 0 Å². The first-order valence-corrected chi connectivity index (χ1v) is 4.88. The number of benzene rings is 1. The lowest BCUT2D eigenvalue weighted by Crippen LogP contribution is -2.05. The van der Waals surface area contributed by atoms with Crippen molar-refractivity contribution < 1.29 is 4.74 Å². The minimum absolute atomic E-state index is 0.298. The van der Waals surface area contributed by atoms with Crippen molar-refractivity contribution in [1.29, 1.82) is 0 Å². The predicted octanol–water partition coefficient (Wildman–Crippen LogP) is 1.98. The quantitative estimate of drug-likeness (QED) is 0.772. The Morgan fingerprint density at radius 1 is 1.64 bits per heavy atom. The summed E-state index contributed by atoms with van der Waals surface area (Å²) in [5.41, 5.74) is 8.92. The van der Waals surface area contributed by atoms with Gasteiger partial charge in [-0.05, 0) is 35.8 Å². The highest BCUT2D eigenvalue weighted by Gasteiger charge is 2.18. The average molecular weight is 189 g/mol. The third kappa shape index (κ3) is 1.53. The fourth-order valence-corrected chi connectivity index (χ4v) is 1.76. The van der Waals surface area contributed by atoms with Gasteiger partial charge in [-0.25, -0.2) is 0 Å². The molecular weight excluding hydrogens is 174 g/mol. The summed E-state index contributed by atoms with van der Waals surface area (Å²) in [7, 11) is 0. The Kier molecular flexibility index (Phi) is 2.30. The van der Waals surface area contributed by atoms with Crippen LogP contribution in [0.15, 0.2) is 24.8 Å². The molecule has 0 fully saturated rings. The van der Waals surface area contributed by atoms with Gasteiger partial charge in [0.1, 0.15) is 11.9 Å². The van der Waals surface area contributed by atoms with E-state index in [0.29, 0.717) is 12.6 Å². The van der Waals surface area contributed by atoms with Crippen LogP contribution < -0.4 is 10.5 Å². The monoisotopic (exact) mass is 189 g/mol. The van der Waals surface area contributed by atoms with E-state index in [0.717, 1.165) is 23.3 Å². The van der Waals surface area contributed by atoms with Crippen molar-refractivity contribution in [3.63, 3.8) is 0 Å². The second-order valence-corrected chi connectivity index (χ2v) is 3.76. The fraction of sp³-hybridized carbons (Fsp3) is 0.333. The summed E-state index contributed by atoms with van der Waals surface area (Å²) in [5.74, 6) is 1.01. The summed E-state index contributed by atoms with van der Waals surface area (Å²) < 4.78 is 5.61. The van der Waals surface area contributed by atoms with Gasteiger partial charge in [-0.1, -0.05) is 12.6 Å². The first-order valence-electron chi connectivity index (χ1n) is 4.88. The molecule has 2 nitrogen and oxygen atoms in total. The maximum Gasteiger partial charge on any atom is 0.123 e. The summed E-state index contributed by atoms with van der Waals surface area (Å²) in [6.45, 7) is 6.51. The van der Waals surface area contributed by atoms with Crippen LogP contribution in [0, 0.1) is 0 Å². The van der Waals surface area contributed by atoms with Crippen LogP contribution in [-0.2, 0) is 6.42 Å². The van der Waals surface area contributed by atoms with Gasteiger partial charge in [0.15, 0.2) is 0 Å². The van der Waals surface area contributed by atoms with Crippen molar-refractivity contribution in [2.45, 2.75) is 19.4 Å². The number of fused-ring (bicyclic) bond motifs is 1. The lowest BCUT2D eigenvalue weighted by molar-refractivity contribution is 0.254. The van der Waals surface area contributed by atoms with Gasteiger partial charge in [-0.2, -0.15) is 0 Å². The zero-order chi connectivity index (χ0) is 10.1. The summed E-state index contributed by atoms with van der Waals surface area (Å²) in [4.78, 5) is 0. The minimum Gasteiger partial charge on any atom is -0.490 e. The zero-order valence-corrected chi connectivity index (χ0v) is 8.42. The number of hydrogen-bond donors (Lipinski definition) is 1. The van der Waals surface area contributed by atoms with Crippen molar-refractivity contribution in [3.8, 4) is 5.75 Å². The molecule has 1 atom stereocenters. The van der Waals surface area contributed by atoms with Crippen LogP contribution in [0.4, 0.5) is 0 Å². The highest BCUT2D eigenvalue weighted by Crippen LogP contribution is 2.30. The molecule has 2 heteroatoms. The van der Waals surface area contributed by atoms with Crippen LogP contribution in [-0.4, -0.2) is 12.6 Å². The zero-order valence-electron chi connectivity index (χ0n) is 8.42. The van der Waals surface area contributed by atoms with E-state index in [1.807, 2.05) is 12.1 Å². The van der Waals surface area contributed by atoms with Crippen LogP contribution in [0.1, 0.15) is 18.1 Å². The molecule has 1 unspecified atom stereocenters. The molecule has 1 aliphatic heterocycles. The molecule has 0 aromatic heterocycles. The van der Waals surface area contributed by atoms with E-state index >= 15 is 0 Å². The van der Waals surface area contributed by atoms with Crippen LogP contribution in [0.5, 0.6) is 5.75 Å². The van der Waals surface area contributed by atoms with Crippen LogP contribution in [0.3, 0.4) is 0 Å². The lowest BCUT2D eigenvalue weighted by Gasteiger charge is -2.05. The maximum absolute atomic E-state index is 5.61. The molecule has 1 aromatic rings. The average Bonchev–Trinajstić information content (AvgIpc) is 2.55. The van der Waals surface area contributed by atoms with Crippen molar-refractivity contribution in [3.05, 3.63) is 35.9 Å². The SMILES string of the molecule is C=C(CN)c1ccc2c(c1)CC(C)O2. The third-order valence-electron chi connectivity index (χ3n) is 2.55. The fourth-order valence-electron chi connectivity index (χ4n) is 1.76. The molecule has 1 heterocycles. The van der Waals surface area contributed by atoms with E-state index in [4.69, 9.17) is 10.5 Å². The molecule has 0 radical (unpaired) electrons. The van der Waals surface area contributed by atoms with E-state index in [9.17, 15) is 0 Å². The topological polar surface area (TPSA) is 35.2 Å². The number of rotatable bonds is 2. The molecule has 2 rings (SSSR count). The molecule has 0 saturated carbocycles. The number of hydrogen-bond acceptors (Lipinski definition) is 2. The Labute approximate surface area is 84.4 Å². The molecule has 0 bridgehead atoms. The lowest BCUT2D eigenvalue weighted by atomic mass is 10.0. The van der Waals surface area contributed by atoms with Gasteiger partial charge < -0.3 is 10.5 Å². The van der Waals surface area contributed by atoms with E-state index < -0.39 is 0 Å². The van der Waals surface area contributed by atoms with Gasteiger partial charge in [0.05, 0.1) is 0 Å². The second kappa shape index (κ2) is 3.46. The molecule has 0 spiro atoms.